The first kappa shape index (κ1) is 18.9. The number of benzene rings is 1. The van der Waals surface area contributed by atoms with Gasteiger partial charge in [0.25, 0.3) is 0 Å². The van der Waals surface area contributed by atoms with Crippen LogP contribution < -0.4 is 5.32 Å². The number of aromatic nitrogens is 2. The van der Waals surface area contributed by atoms with Gasteiger partial charge in [-0.05, 0) is 38.0 Å². The summed E-state index contributed by atoms with van der Waals surface area (Å²) < 4.78 is 29.6. The summed E-state index contributed by atoms with van der Waals surface area (Å²) in [6.07, 6.45) is 4.33. The fourth-order valence-corrected chi connectivity index (χ4v) is 5.16. The van der Waals surface area contributed by atoms with Crippen molar-refractivity contribution in [3.8, 4) is 0 Å². The summed E-state index contributed by atoms with van der Waals surface area (Å²) in [6.45, 7) is 3.80. The second-order valence-electron chi connectivity index (χ2n) is 6.65. The second kappa shape index (κ2) is 7.02. The Morgan fingerprint density at radius 1 is 1.35 bits per heavy atom. The van der Waals surface area contributed by atoms with Gasteiger partial charge in [-0.3, -0.25) is 9.48 Å². The highest BCUT2D eigenvalue weighted by Gasteiger charge is 2.31. The molecule has 0 spiro atoms. The third-order valence-electron chi connectivity index (χ3n) is 4.31. The number of carbonyl (C=O) groups is 1. The Labute approximate surface area is 158 Å². The molecule has 1 aliphatic rings. The molecule has 1 N–H and O–H groups in total. The summed E-state index contributed by atoms with van der Waals surface area (Å²) in [7, 11) is -2.08. The molecule has 2 aromatic rings. The number of nitrogens with zero attached hydrogens (tertiary/aromatic N) is 3. The van der Waals surface area contributed by atoms with Gasteiger partial charge in [-0.25, -0.2) is 8.42 Å². The first-order valence-electron chi connectivity index (χ1n) is 8.30. The van der Waals surface area contributed by atoms with Gasteiger partial charge in [0.05, 0.1) is 11.2 Å². The van der Waals surface area contributed by atoms with Crippen LogP contribution in [0.5, 0.6) is 0 Å². The van der Waals surface area contributed by atoms with Crippen molar-refractivity contribution in [1.29, 1.82) is 0 Å². The summed E-state index contributed by atoms with van der Waals surface area (Å²) in [6, 6.07) is 2.82. The molecule has 7 nitrogen and oxygen atoms in total. The molecular formula is C17H21ClN4O3S. The quantitative estimate of drug-likeness (QED) is 0.841. The van der Waals surface area contributed by atoms with Crippen molar-refractivity contribution >= 4 is 33.2 Å². The second-order valence-corrected chi connectivity index (χ2v) is 8.92. The Morgan fingerprint density at radius 3 is 2.69 bits per heavy atom. The van der Waals surface area contributed by atoms with Gasteiger partial charge < -0.3 is 5.32 Å². The smallest absolute Gasteiger partial charge is 0.245 e. The number of aryl methyl sites for hydroxylation is 2. The number of rotatable bonds is 5. The van der Waals surface area contributed by atoms with Crippen molar-refractivity contribution in [2.45, 2.75) is 44.2 Å². The van der Waals surface area contributed by atoms with Gasteiger partial charge in [-0.2, -0.15) is 9.40 Å². The molecule has 0 fully saturated rings. The van der Waals surface area contributed by atoms with E-state index in [4.69, 9.17) is 11.6 Å². The number of fused-ring (bicyclic) bond motifs is 1. The van der Waals surface area contributed by atoms with E-state index in [2.05, 4.69) is 10.4 Å². The molecule has 0 unspecified atom stereocenters. The topological polar surface area (TPSA) is 84.3 Å². The standard InChI is InChI=1S/C17H21ClN4O3S/c1-11(2)22(10-12-8-19-21(3)9-12)26(24,25)16-7-15-13(6-14(16)18)4-5-17(23)20-15/h6-9,11H,4-5,10H2,1-3H3,(H,20,23). The van der Waals surface area contributed by atoms with Crippen LogP contribution in [0.15, 0.2) is 29.4 Å². The van der Waals surface area contributed by atoms with E-state index < -0.39 is 10.0 Å². The molecule has 1 amide bonds. The summed E-state index contributed by atoms with van der Waals surface area (Å²) in [5.74, 6) is -0.126. The SMILES string of the molecule is CC(C)N(Cc1cnn(C)c1)S(=O)(=O)c1cc2c(cc1Cl)CCC(=O)N2. The molecule has 0 atom stereocenters. The third kappa shape index (κ3) is 3.62. The number of anilines is 1. The van der Waals surface area contributed by atoms with Crippen LogP contribution in [-0.4, -0.2) is 34.5 Å². The van der Waals surface area contributed by atoms with Crippen LogP contribution >= 0.6 is 11.6 Å². The van der Waals surface area contributed by atoms with Crippen molar-refractivity contribution in [2.24, 2.45) is 7.05 Å². The molecule has 1 aliphatic heterocycles. The Morgan fingerprint density at radius 2 is 2.08 bits per heavy atom. The number of halogens is 1. The van der Waals surface area contributed by atoms with Crippen LogP contribution in [-0.2, 0) is 34.8 Å². The largest absolute Gasteiger partial charge is 0.326 e. The number of hydrogen-bond acceptors (Lipinski definition) is 4. The highest BCUT2D eigenvalue weighted by Crippen LogP contribution is 2.34. The molecule has 140 valence electrons. The van der Waals surface area contributed by atoms with Crippen molar-refractivity contribution in [3.63, 3.8) is 0 Å². The van der Waals surface area contributed by atoms with Crippen molar-refractivity contribution in [3.05, 3.63) is 40.7 Å². The minimum absolute atomic E-state index is 0.00212. The molecule has 0 saturated carbocycles. The minimum Gasteiger partial charge on any atom is -0.326 e. The summed E-state index contributed by atoms with van der Waals surface area (Å²) in [5.41, 5.74) is 2.14. The van der Waals surface area contributed by atoms with Crippen LogP contribution in [0.2, 0.25) is 5.02 Å². The van der Waals surface area contributed by atoms with Crippen molar-refractivity contribution < 1.29 is 13.2 Å². The first-order valence-corrected chi connectivity index (χ1v) is 10.1. The zero-order chi connectivity index (χ0) is 19.1. The third-order valence-corrected chi connectivity index (χ3v) is 6.80. The maximum Gasteiger partial charge on any atom is 0.245 e. The van der Waals surface area contributed by atoms with Crippen molar-refractivity contribution in [2.75, 3.05) is 5.32 Å². The van der Waals surface area contributed by atoms with Gasteiger partial charge in [0.15, 0.2) is 0 Å². The van der Waals surface area contributed by atoms with E-state index in [9.17, 15) is 13.2 Å². The van der Waals surface area contributed by atoms with Crippen molar-refractivity contribution in [1.82, 2.24) is 14.1 Å². The highest BCUT2D eigenvalue weighted by atomic mass is 35.5. The first-order chi connectivity index (χ1) is 12.2. The zero-order valence-electron chi connectivity index (χ0n) is 14.9. The van der Waals surface area contributed by atoms with Crippen LogP contribution in [0.4, 0.5) is 5.69 Å². The molecule has 0 saturated heterocycles. The normalized spacial score (nSPS) is 14.6. The average molecular weight is 397 g/mol. The van der Waals surface area contributed by atoms with Gasteiger partial charge >= 0.3 is 0 Å². The Kier molecular flexibility index (Phi) is 5.09. The number of amides is 1. The van der Waals surface area contributed by atoms with Crippen LogP contribution in [0.3, 0.4) is 0 Å². The van der Waals surface area contributed by atoms with E-state index in [1.54, 1.807) is 30.2 Å². The van der Waals surface area contributed by atoms with Gasteiger partial charge in [0.2, 0.25) is 15.9 Å². The lowest BCUT2D eigenvalue weighted by atomic mass is 10.0. The predicted molar refractivity (Wildman–Crippen MR) is 99.5 cm³/mol. The predicted octanol–water partition coefficient (Wildman–Crippen LogP) is 2.56. The Hall–Kier alpha value is -1.90. The van der Waals surface area contributed by atoms with Gasteiger partial charge in [0, 0.05) is 43.5 Å². The molecule has 9 heteroatoms. The van der Waals surface area contributed by atoms with Crippen LogP contribution in [0.25, 0.3) is 0 Å². The van der Waals surface area contributed by atoms with E-state index in [1.165, 1.54) is 10.4 Å². The minimum atomic E-state index is -3.86. The molecule has 0 bridgehead atoms. The monoisotopic (exact) mass is 396 g/mol. The van der Waals surface area contributed by atoms with E-state index in [0.717, 1.165) is 11.1 Å². The van der Waals surface area contributed by atoms with Gasteiger partial charge in [-0.15, -0.1) is 0 Å². The lowest BCUT2D eigenvalue weighted by Crippen LogP contribution is -2.36. The van der Waals surface area contributed by atoms with Gasteiger partial charge in [0.1, 0.15) is 4.90 Å². The molecule has 0 aliphatic carbocycles. The number of carbonyl (C=O) groups excluding carboxylic acids is 1. The number of sulfonamides is 1. The van der Waals surface area contributed by atoms with E-state index in [1.807, 2.05) is 13.8 Å². The van der Waals surface area contributed by atoms with E-state index in [0.29, 0.717) is 18.5 Å². The number of nitrogens with one attached hydrogen (secondary N) is 1. The summed E-state index contributed by atoms with van der Waals surface area (Å²) in [4.78, 5) is 11.6. The number of hydrogen-bond donors (Lipinski definition) is 1. The Balaban J connectivity index is 2.02. The molecule has 1 aromatic heterocycles. The molecular weight excluding hydrogens is 376 g/mol. The fraction of sp³-hybridized carbons (Fsp3) is 0.412. The zero-order valence-corrected chi connectivity index (χ0v) is 16.4. The summed E-state index contributed by atoms with van der Waals surface area (Å²) >= 11 is 6.30. The van der Waals surface area contributed by atoms with E-state index in [-0.39, 0.29) is 28.4 Å². The molecule has 2 heterocycles. The summed E-state index contributed by atoms with van der Waals surface area (Å²) in [5, 5.41) is 6.98. The molecule has 3 rings (SSSR count). The average Bonchev–Trinajstić information content (AvgIpc) is 2.97. The Bertz CT molecular complexity index is 953. The van der Waals surface area contributed by atoms with Gasteiger partial charge in [-0.1, -0.05) is 11.6 Å². The lowest BCUT2D eigenvalue weighted by molar-refractivity contribution is -0.116. The molecule has 26 heavy (non-hydrogen) atoms. The lowest BCUT2D eigenvalue weighted by Gasteiger charge is -2.27. The maximum absolute atomic E-state index is 13.3. The van der Waals surface area contributed by atoms with Crippen LogP contribution in [0, 0.1) is 0 Å². The molecule has 1 aromatic carbocycles. The van der Waals surface area contributed by atoms with Crippen LogP contribution in [0.1, 0.15) is 31.4 Å². The molecule has 0 radical (unpaired) electrons. The maximum atomic E-state index is 13.3. The fourth-order valence-electron chi connectivity index (χ4n) is 2.98. The highest BCUT2D eigenvalue weighted by molar-refractivity contribution is 7.89. The van der Waals surface area contributed by atoms with E-state index >= 15 is 0 Å².